The molecule has 3 aliphatic heterocycles. The highest BCUT2D eigenvalue weighted by Crippen LogP contribution is 2.42. The molecule has 4 aliphatic rings. The molecule has 0 unspecified atom stereocenters. The van der Waals surface area contributed by atoms with Gasteiger partial charge < -0.3 is 19.1 Å². The van der Waals surface area contributed by atoms with Gasteiger partial charge in [-0.15, -0.1) is 0 Å². The van der Waals surface area contributed by atoms with Crippen LogP contribution in [-0.2, 0) is 9.53 Å². The van der Waals surface area contributed by atoms with Crippen LogP contribution in [0.4, 0.5) is 0 Å². The zero-order chi connectivity index (χ0) is 19.0. The number of carbonyl (C=O) groups excluding carboxylic acids is 1. The predicted molar refractivity (Wildman–Crippen MR) is 104 cm³/mol. The second-order valence-corrected chi connectivity index (χ2v) is 8.29. The van der Waals surface area contributed by atoms with Crippen LogP contribution in [0.1, 0.15) is 32.1 Å². The van der Waals surface area contributed by atoms with Crippen LogP contribution in [0.2, 0.25) is 0 Å². The van der Waals surface area contributed by atoms with E-state index in [1.165, 1.54) is 6.42 Å². The molecule has 1 saturated carbocycles. The summed E-state index contributed by atoms with van der Waals surface area (Å²) < 4.78 is 17.8. The average Bonchev–Trinajstić information content (AvgIpc) is 3.04. The van der Waals surface area contributed by atoms with Crippen LogP contribution in [0.25, 0.3) is 0 Å². The topological polar surface area (TPSA) is 51.2 Å². The smallest absolute Gasteiger partial charge is 0.333 e. The summed E-state index contributed by atoms with van der Waals surface area (Å²) in [5.74, 6) is 1.51. The first-order chi connectivity index (χ1) is 13.7. The first-order valence-corrected chi connectivity index (χ1v) is 10.5. The van der Waals surface area contributed by atoms with E-state index >= 15 is 0 Å². The minimum absolute atomic E-state index is 0.0572. The molecule has 6 heteroatoms. The molecule has 0 N–H and O–H groups in total. The van der Waals surface area contributed by atoms with Crippen molar-refractivity contribution in [2.45, 2.75) is 43.8 Å². The van der Waals surface area contributed by atoms with Crippen molar-refractivity contribution in [2.24, 2.45) is 0 Å². The van der Waals surface area contributed by atoms with Crippen molar-refractivity contribution in [3.8, 4) is 11.5 Å². The summed E-state index contributed by atoms with van der Waals surface area (Å²) in [6.07, 6.45) is 7.27. The van der Waals surface area contributed by atoms with E-state index in [2.05, 4.69) is 9.80 Å². The number of benzene rings is 1. The third-order valence-electron chi connectivity index (χ3n) is 6.42. The molecule has 150 valence electrons. The lowest BCUT2D eigenvalue weighted by Crippen LogP contribution is -2.52. The number of piperazine rings is 1. The van der Waals surface area contributed by atoms with Crippen molar-refractivity contribution < 1.29 is 19.0 Å². The second-order valence-electron chi connectivity index (χ2n) is 8.29. The molecule has 1 aliphatic carbocycles. The van der Waals surface area contributed by atoms with E-state index in [9.17, 15) is 4.79 Å². The number of hydrogen-bond donors (Lipinski definition) is 0. The monoisotopic (exact) mass is 384 g/mol. The van der Waals surface area contributed by atoms with Crippen LogP contribution in [0, 0.1) is 0 Å². The van der Waals surface area contributed by atoms with Crippen LogP contribution in [0.15, 0.2) is 36.0 Å². The Morgan fingerprint density at radius 3 is 2.54 bits per heavy atom. The normalized spacial score (nSPS) is 26.9. The summed E-state index contributed by atoms with van der Waals surface area (Å²) >= 11 is 0. The fourth-order valence-electron chi connectivity index (χ4n) is 4.99. The molecule has 1 aromatic carbocycles. The Morgan fingerprint density at radius 1 is 1.00 bits per heavy atom. The van der Waals surface area contributed by atoms with Crippen molar-refractivity contribution in [1.82, 2.24) is 9.80 Å². The largest absolute Gasteiger partial charge is 0.486 e. The zero-order valence-electron chi connectivity index (χ0n) is 16.3. The van der Waals surface area contributed by atoms with Crippen LogP contribution < -0.4 is 9.47 Å². The van der Waals surface area contributed by atoms with E-state index in [1.54, 1.807) is 6.08 Å². The van der Waals surface area contributed by atoms with Gasteiger partial charge in [0.25, 0.3) is 0 Å². The van der Waals surface area contributed by atoms with Crippen molar-refractivity contribution in [3.05, 3.63) is 36.0 Å². The minimum Gasteiger partial charge on any atom is -0.486 e. The highest BCUT2D eigenvalue weighted by Gasteiger charge is 2.46. The van der Waals surface area contributed by atoms with Gasteiger partial charge in [-0.25, -0.2) is 4.79 Å². The molecule has 5 rings (SSSR count). The van der Waals surface area contributed by atoms with Crippen molar-refractivity contribution in [1.29, 1.82) is 0 Å². The molecule has 1 aromatic rings. The molecule has 1 spiro atoms. The number of nitrogens with zero attached hydrogens (tertiary/aromatic N) is 2. The van der Waals surface area contributed by atoms with Gasteiger partial charge in [0.15, 0.2) is 17.1 Å². The van der Waals surface area contributed by atoms with Gasteiger partial charge in [-0.3, -0.25) is 4.90 Å². The fourth-order valence-corrected chi connectivity index (χ4v) is 4.99. The molecule has 28 heavy (non-hydrogen) atoms. The summed E-state index contributed by atoms with van der Waals surface area (Å²) in [5.41, 5.74) is 0.782. The maximum Gasteiger partial charge on any atom is 0.333 e. The van der Waals surface area contributed by atoms with Gasteiger partial charge in [-0.05, 0) is 37.8 Å². The molecular weight excluding hydrogens is 356 g/mol. The molecule has 1 saturated heterocycles. The molecule has 0 aromatic heterocycles. The Hall–Kier alpha value is -2.21. The highest BCUT2D eigenvalue weighted by molar-refractivity contribution is 5.86. The molecule has 0 amide bonds. The number of fused-ring (bicyclic) bond motifs is 1. The van der Waals surface area contributed by atoms with Crippen LogP contribution >= 0.6 is 0 Å². The number of esters is 1. The number of hydrogen-bond acceptors (Lipinski definition) is 6. The molecule has 1 atom stereocenters. The summed E-state index contributed by atoms with van der Waals surface area (Å²) in [4.78, 5) is 16.8. The third kappa shape index (κ3) is 3.34. The average molecular weight is 384 g/mol. The minimum atomic E-state index is -0.346. The maximum atomic E-state index is 12.0. The summed E-state index contributed by atoms with van der Waals surface area (Å²) in [7, 11) is 0. The molecule has 0 radical (unpaired) electrons. The Kier molecular flexibility index (Phi) is 4.67. The molecule has 0 bridgehead atoms. The van der Waals surface area contributed by atoms with Crippen LogP contribution in [-0.4, -0.2) is 66.8 Å². The van der Waals surface area contributed by atoms with E-state index < -0.39 is 0 Å². The van der Waals surface area contributed by atoms with Crippen LogP contribution in [0.5, 0.6) is 11.5 Å². The summed E-state index contributed by atoms with van der Waals surface area (Å²) in [6, 6.07) is 7.85. The summed E-state index contributed by atoms with van der Waals surface area (Å²) in [6.45, 7) is 5.23. The van der Waals surface area contributed by atoms with Crippen molar-refractivity contribution in [3.63, 3.8) is 0 Å². The summed E-state index contributed by atoms with van der Waals surface area (Å²) in [5, 5.41) is 0. The zero-order valence-corrected chi connectivity index (χ0v) is 16.3. The second kappa shape index (κ2) is 7.32. The van der Waals surface area contributed by atoms with E-state index in [-0.39, 0.29) is 17.7 Å². The Morgan fingerprint density at radius 2 is 1.75 bits per heavy atom. The number of ether oxygens (including phenoxy) is 3. The lowest BCUT2D eigenvalue weighted by Gasteiger charge is -2.44. The standard InChI is InChI=1S/C22H28N2O4/c25-21-14-20(22(28-21)8-4-1-5-9-22)24-12-10-23(11-13-24)15-17-16-26-18-6-2-3-7-19(18)27-17/h2-3,6-7,14,17H,1,4-5,8-13,15-16H2/t17-/m1/s1. The van der Waals surface area contributed by atoms with E-state index in [1.807, 2.05) is 24.3 Å². The third-order valence-corrected chi connectivity index (χ3v) is 6.42. The van der Waals surface area contributed by atoms with Gasteiger partial charge in [0.1, 0.15) is 12.7 Å². The molecular formula is C22H28N2O4. The Bertz CT molecular complexity index is 764. The maximum absolute atomic E-state index is 12.0. The van der Waals surface area contributed by atoms with E-state index in [0.29, 0.717) is 6.61 Å². The first kappa shape index (κ1) is 17.9. The Balaban J connectivity index is 1.18. The lowest BCUT2D eigenvalue weighted by atomic mass is 9.82. The Labute approximate surface area is 166 Å². The van der Waals surface area contributed by atoms with Gasteiger partial charge in [-0.2, -0.15) is 0 Å². The quantitative estimate of drug-likeness (QED) is 0.747. The number of para-hydroxylation sites is 2. The van der Waals surface area contributed by atoms with Crippen LogP contribution in [0.3, 0.4) is 0 Å². The van der Waals surface area contributed by atoms with Gasteiger partial charge in [0, 0.05) is 38.8 Å². The number of carbonyl (C=O) groups is 1. The van der Waals surface area contributed by atoms with Gasteiger partial charge >= 0.3 is 5.97 Å². The molecule has 3 heterocycles. The number of rotatable bonds is 3. The predicted octanol–water partition coefficient (Wildman–Crippen LogP) is 2.59. The van der Waals surface area contributed by atoms with Gasteiger partial charge in [-0.1, -0.05) is 18.6 Å². The van der Waals surface area contributed by atoms with Gasteiger partial charge in [0.05, 0.1) is 5.70 Å². The molecule has 2 fully saturated rings. The van der Waals surface area contributed by atoms with Crippen molar-refractivity contribution in [2.75, 3.05) is 39.3 Å². The lowest BCUT2D eigenvalue weighted by molar-refractivity contribution is -0.149. The molecule has 6 nitrogen and oxygen atoms in total. The highest BCUT2D eigenvalue weighted by atomic mass is 16.6. The van der Waals surface area contributed by atoms with Crippen molar-refractivity contribution >= 4 is 5.97 Å². The fraction of sp³-hybridized carbons (Fsp3) is 0.591. The van der Waals surface area contributed by atoms with E-state index in [4.69, 9.17) is 14.2 Å². The SMILES string of the molecule is O=C1C=C(N2CCN(C[C@@H]3COc4ccccc4O3)CC2)C2(CCCCC2)O1. The first-order valence-electron chi connectivity index (χ1n) is 10.5. The van der Waals surface area contributed by atoms with Gasteiger partial charge in [0.2, 0.25) is 0 Å². The van der Waals surface area contributed by atoms with E-state index in [0.717, 1.165) is 75.6 Å².